The zero-order chi connectivity index (χ0) is 26.5. The number of ether oxygens (including phenoxy) is 1. The summed E-state index contributed by atoms with van der Waals surface area (Å²) in [5.74, 6) is 1.02. The number of sulfone groups is 1. The molecule has 1 aromatic heterocycles. The van der Waals surface area contributed by atoms with Crippen molar-refractivity contribution in [3.63, 3.8) is 0 Å². The largest absolute Gasteiger partial charge is 0.507 e. The predicted molar refractivity (Wildman–Crippen MR) is 142 cm³/mol. The second-order valence-corrected chi connectivity index (χ2v) is 12.8. The Hall–Kier alpha value is -3.33. The second kappa shape index (κ2) is 9.52. The van der Waals surface area contributed by atoms with Gasteiger partial charge >= 0.3 is 0 Å². The molecule has 2 atom stereocenters. The van der Waals surface area contributed by atoms with Gasteiger partial charge in [-0.2, -0.15) is 5.10 Å². The number of hydrogen-bond donors (Lipinski definition) is 2. The summed E-state index contributed by atoms with van der Waals surface area (Å²) in [5.41, 5.74) is 4.49. The molecule has 3 aromatic rings. The van der Waals surface area contributed by atoms with E-state index < -0.39 is 21.9 Å². The van der Waals surface area contributed by atoms with Gasteiger partial charge in [0.1, 0.15) is 22.9 Å². The van der Waals surface area contributed by atoms with Crippen LogP contribution in [0.1, 0.15) is 65.5 Å². The number of carbonyl (C=O) groups is 1. The zero-order valence-corrected chi connectivity index (χ0v) is 22.4. The molecule has 2 unspecified atom stereocenters. The molecule has 0 bridgehead atoms. The summed E-state index contributed by atoms with van der Waals surface area (Å²) in [6.07, 6.45) is 1.30. The molecule has 5 rings (SSSR count). The summed E-state index contributed by atoms with van der Waals surface area (Å²) in [6, 6.07) is 10.4. The van der Waals surface area contributed by atoms with E-state index in [0.717, 1.165) is 17.5 Å². The van der Waals surface area contributed by atoms with Crippen molar-refractivity contribution in [1.82, 2.24) is 15.1 Å². The third kappa shape index (κ3) is 4.72. The Morgan fingerprint density at radius 2 is 2.00 bits per heavy atom. The van der Waals surface area contributed by atoms with Crippen molar-refractivity contribution in [1.29, 1.82) is 0 Å². The zero-order valence-electron chi connectivity index (χ0n) is 21.6. The molecule has 8 nitrogen and oxygen atoms in total. The summed E-state index contributed by atoms with van der Waals surface area (Å²) in [5, 5.41) is 18.3. The number of aryl methyl sites for hydroxylation is 2. The highest BCUT2D eigenvalue weighted by Gasteiger charge is 2.48. The molecule has 1 fully saturated rings. The number of aromatic hydroxyl groups is 1. The van der Waals surface area contributed by atoms with E-state index in [2.05, 4.69) is 24.0 Å². The van der Waals surface area contributed by atoms with Crippen LogP contribution in [0.4, 0.5) is 0 Å². The number of H-pyrrole nitrogens is 1. The third-order valence-corrected chi connectivity index (χ3v) is 8.99. The number of rotatable bonds is 7. The Bertz CT molecular complexity index is 1460. The Labute approximate surface area is 217 Å². The van der Waals surface area contributed by atoms with Gasteiger partial charge in [-0.05, 0) is 67.5 Å². The number of benzene rings is 2. The maximum Gasteiger partial charge on any atom is 0.273 e. The maximum atomic E-state index is 13.7. The minimum Gasteiger partial charge on any atom is -0.507 e. The van der Waals surface area contributed by atoms with Crippen LogP contribution in [0.2, 0.25) is 0 Å². The van der Waals surface area contributed by atoms with Crippen LogP contribution in [0.15, 0.2) is 36.4 Å². The van der Waals surface area contributed by atoms with Gasteiger partial charge in [0.2, 0.25) is 0 Å². The lowest BCUT2D eigenvalue weighted by Gasteiger charge is -2.31. The van der Waals surface area contributed by atoms with Crippen LogP contribution >= 0.6 is 0 Å². The standard InChI is InChI=1S/C28H33N3O5S/c1-16(2)8-10-36-21-7-5-6-19(14-21)26-23-24(22-13-17(3)12-18(4)27(22)32)29-30-25(23)28(33)31(26)20-9-11-37(34,35)15-20/h5-7,12-14,16,20,26,32H,8-11,15H2,1-4H3,(H,29,30). The molecule has 196 valence electrons. The fourth-order valence-electron chi connectivity index (χ4n) is 5.40. The molecular formula is C28H33N3O5S. The monoisotopic (exact) mass is 523 g/mol. The molecule has 3 heterocycles. The molecule has 2 N–H and O–H groups in total. The molecule has 2 aromatic carbocycles. The van der Waals surface area contributed by atoms with Crippen LogP contribution in [0.5, 0.6) is 11.5 Å². The van der Waals surface area contributed by atoms with Crippen LogP contribution in [0, 0.1) is 19.8 Å². The summed E-state index contributed by atoms with van der Waals surface area (Å²) < 4.78 is 30.8. The van der Waals surface area contributed by atoms with Crippen molar-refractivity contribution in [2.24, 2.45) is 5.92 Å². The van der Waals surface area contributed by atoms with Crippen LogP contribution in [0.3, 0.4) is 0 Å². The number of carbonyl (C=O) groups excluding carboxylic acids is 1. The van der Waals surface area contributed by atoms with E-state index >= 15 is 0 Å². The first-order valence-corrected chi connectivity index (χ1v) is 14.5. The van der Waals surface area contributed by atoms with Gasteiger partial charge in [-0.25, -0.2) is 8.42 Å². The van der Waals surface area contributed by atoms with Crippen molar-refractivity contribution in [2.45, 2.75) is 52.6 Å². The lowest BCUT2D eigenvalue weighted by Crippen LogP contribution is -2.40. The fourth-order valence-corrected chi connectivity index (χ4v) is 7.11. The first-order valence-electron chi connectivity index (χ1n) is 12.7. The molecule has 37 heavy (non-hydrogen) atoms. The van der Waals surface area contributed by atoms with Crippen molar-refractivity contribution in [3.8, 4) is 22.8 Å². The normalized spacial score (nSPS) is 20.6. The molecule has 0 aliphatic carbocycles. The number of amides is 1. The number of phenolic OH excluding ortho intramolecular Hbond substituents is 1. The molecule has 9 heteroatoms. The van der Waals surface area contributed by atoms with E-state index in [0.29, 0.717) is 52.8 Å². The average Bonchev–Trinajstić information content (AvgIpc) is 3.49. The predicted octanol–water partition coefficient (Wildman–Crippen LogP) is 4.56. The fraction of sp³-hybridized carbons (Fsp3) is 0.429. The summed E-state index contributed by atoms with van der Waals surface area (Å²) in [7, 11) is -3.23. The number of fused-ring (bicyclic) bond motifs is 1. The molecule has 0 saturated carbocycles. The number of nitrogens with one attached hydrogen (secondary N) is 1. The second-order valence-electron chi connectivity index (χ2n) is 10.6. The smallest absolute Gasteiger partial charge is 0.273 e. The lowest BCUT2D eigenvalue weighted by atomic mass is 9.93. The van der Waals surface area contributed by atoms with Crippen LogP contribution < -0.4 is 4.74 Å². The van der Waals surface area contributed by atoms with E-state index in [-0.39, 0.29) is 23.2 Å². The highest BCUT2D eigenvalue weighted by atomic mass is 32.2. The van der Waals surface area contributed by atoms with Crippen molar-refractivity contribution in [3.05, 3.63) is 64.3 Å². The van der Waals surface area contributed by atoms with Gasteiger partial charge in [0.15, 0.2) is 9.84 Å². The number of hydrogen-bond acceptors (Lipinski definition) is 6. The molecule has 1 amide bonds. The van der Waals surface area contributed by atoms with Gasteiger partial charge in [0.05, 0.1) is 24.2 Å². The minimum absolute atomic E-state index is 0.0590. The summed E-state index contributed by atoms with van der Waals surface area (Å²) in [6.45, 7) is 8.63. The number of aromatic nitrogens is 2. The van der Waals surface area contributed by atoms with E-state index in [1.807, 2.05) is 50.2 Å². The van der Waals surface area contributed by atoms with E-state index in [1.54, 1.807) is 4.90 Å². The third-order valence-electron chi connectivity index (χ3n) is 7.24. The van der Waals surface area contributed by atoms with Crippen molar-refractivity contribution in [2.75, 3.05) is 18.1 Å². The van der Waals surface area contributed by atoms with Gasteiger partial charge < -0.3 is 14.7 Å². The average molecular weight is 524 g/mol. The molecule has 0 spiro atoms. The number of nitrogens with zero attached hydrogens (tertiary/aromatic N) is 2. The van der Waals surface area contributed by atoms with Gasteiger partial charge in [-0.1, -0.05) is 32.0 Å². The molecule has 2 aliphatic heterocycles. The molecule has 1 saturated heterocycles. The lowest BCUT2D eigenvalue weighted by molar-refractivity contribution is 0.0677. The Balaban J connectivity index is 1.63. The topological polar surface area (TPSA) is 113 Å². The Kier molecular flexibility index (Phi) is 6.52. The van der Waals surface area contributed by atoms with Gasteiger partial charge in [-0.15, -0.1) is 0 Å². The highest BCUT2D eigenvalue weighted by Crippen LogP contribution is 2.47. The first kappa shape index (κ1) is 25.3. The van der Waals surface area contributed by atoms with Gasteiger partial charge in [-0.3, -0.25) is 9.89 Å². The van der Waals surface area contributed by atoms with Crippen molar-refractivity contribution < 1.29 is 23.1 Å². The Morgan fingerprint density at radius 3 is 2.70 bits per heavy atom. The van der Waals surface area contributed by atoms with E-state index in [1.165, 1.54) is 0 Å². The van der Waals surface area contributed by atoms with Gasteiger partial charge in [0.25, 0.3) is 5.91 Å². The highest BCUT2D eigenvalue weighted by molar-refractivity contribution is 7.91. The van der Waals surface area contributed by atoms with E-state index in [4.69, 9.17) is 4.74 Å². The van der Waals surface area contributed by atoms with Crippen LogP contribution in [0.25, 0.3) is 11.3 Å². The SMILES string of the molecule is Cc1cc(C)c(O)c(-c2n[nH]c3c2C(c2cccc(OCCC(C)C)c2)N(C2CCS(=O)(=O)C2)C3=O)c1. The van der Waals surface area contributed by atoms with Gasteiger partial charge in [0, 0.05) is 17.2 Å². The summed E-state index contributed by atoms with van der Waals surface area (Å²) in [4.78, 5) is 15.4. The minimum atomic E-state index is -3.23. The Morgan fingerprint density at radius 1 is 1.22 bits per heavy atom. The van der Waals surface area contributed by atoms with Crippen molar-refractivity contribution >= 4 is 15.7 Å². The molecular weight excluding hydrogens is 490 g/mol. The van der Waals surface area contributed by atoms with E-state index in [9.17, 15) is 18.3 Å². The molecule has 2 aliphatic rings. The summed E-state index contributed by atoms with van der Waals surface area (Å²) >= 11 is 0. The van der Waals surface area contributed by atoms with Crippen LogP contribution in [-0.4, -0.2) is 58.7 Å². The number of aromatic amines is 1. The maximum absolute atomic E-state index is 13.7. The quantitative estimate of drug-likeness (QED) is 0.470. The first-order chi connectivity index (χ1) is 17.6. The number of phenols is 1. The van der Waals surface area contributed by atoms with Crippen LogP contribution in [-0.2, 0) is 9.84 Å². The molecule has 0 radical (unpaired) electrons.